The zero-order chi connectivity index (χ0) is 20.9. The highest BCUT2D eigenvalue weighted by Crippen LogP contribution is 2.18. The van der Waals surface area contributed by atoms with Gasteiger partial charge in [-0.1, -0.05) is 6.07 Å². The molecule has 11 heteroatoms. The molecule has 1 amide bonds. The molecule has 0 atom stereocenters. The van der Waals surface area contributed by atoms with Crippen molar-refractivity contribution >= 4 is 15.9 Å². The number of aromatic nitrogens is 1. The fourth-order valence-corrected chi connectivity index (χ4v) is 3.04. The largest absolute Gasteiger partial charge is 0.468 e. The summed E-state index contributed by atoms with van der Waals surface area (Å²) in [6, 6.07) is 8.30. The van der Waals surface area contributed by atoms with Crippen LogP contribution in [0.25, 0.3) is 0 Å². The second-order valence-corrected chi connectivity index (χ2v) is 8.06. The summed E-state index contributed by atoms with van der Waals surface area (Å²) in [4.78, 5) is 15.9. The Balaban J connectivity index is 2.05. The van der Waals surface area contributed by atoms with E-state index in [0.717, 1.165) is 4.31 Å². The Bertz CT molecular complexity index is 947. The van der Waals surface area contributed by atoms with Crippen LogP contribution in [-0.4, -0.2) is 50.5 Å². The van der Waals surface area contributed by atoms with Crippen LogP contribution in [0.2, 0.25) is 0 Å². The van der Waals surface area contributed by atoms with E-state index < -0.39 is 28.7 Å². The molecule has 1 aromatic carbocycles. The molecule has 0 spiro atoms. The third-order valence-corrected chi connectivity index (χ3v) is 5.32. The fourth-order valence-electron chi connectivity index (χ4n) is 2.09. The maximum Gasteiger partial charge on any atom is 0.422 e. The lowest BCUT2D eigenvalue weighted by Gasteiger charge is -2.12. The Morgan fingerprint density at radius 2 is 1.93 bits per heavy atom. The van der Waals surface area contributed by atoms with Crippen LogP contribution in [0.5, 0.6) is 5.88 Å². The maximum absolute atomic E-state index is 12.3. The molecule has 2 aromatic rings. The first kappa shape index (κ1) is 21.6. The molecule has 1 heterocycles. The van der Waals surface area contributed by atoms with Crippen molar-refractivity contribution in [2.24, 2.45) is 0 Å². The number of carbonyl (C=O) groups is 1. The summed E-state index contributed by atoms with van der Waals surface area (Å²) in [6.45, 7) is -1.47. The number of amides is 1. The molecule has 0 aliphatic rings. The molecular formula is C17H18F3N3O4S. The summed E-state index contributed by atoms with van der Waals surface area (Å²) >= 11 is 0. The minimum absolute atomic E-state index is 0.00557. The number of ether oxygens (including phenoxy) is 1. The van der Waals surface area contributed by atoms with E-state index in [1.807, 2.05) is 0 Å². The number of halogens is 3. The Morgan fingerprint density at radius 1 is 1.21 bits per heavy atom. The predicted molar refractivity (Wildman–Crippen MR) is 94.3 cm³/mol. The van der Waals surface area contributed by atoms with Crippen molar-refractivity contribution in [2.45, 2.75) is 17.6 Å². The number of benzene rings is 1. The number of sulfonamides is 1. The van der Waals surface area contributed by atoms with Crippen LogP contribution in [-0.2, 0) is 16.6 Å². The van der Waals surface area contributed by atoms with Gasteiger partial charge >= 0.3 is 6.18 Å². The lowest BCUT2D eigenvalue weighted by molar-refractivity contribution is -0.154. The minimum Gasteiger partial charge on any atom is -0.468 e. The van der Waals surface area contributed by atoms with Crippen molar-refractivity contribution < 1.29 is 31.1 Å². The third-order valence-electron chi connectivity index (χ3n) is 3.51. The average Bonchev–Trinajstić information content (AvgIpc) is 2.64. The summed E-state index contributed by atoms with van der Waals surface area (Å²) in [5, 5.41) is 2.57. The predicted octanol–water partition coefficient (Wildman–Crippen LogP) is 2.20. The molecule has 2 rings (SSSR count). The van der Waals surface area contributed by atoms with E-state index in [9.17, 15) is 26.4 Å². The van der Waals surface area contributed by atoms with Crippen LogP contribution in [0.15, 0.2) is 47.5 Å². The molecule has 7 nitrogen and oxygen atoms in total. The summed E-state index contributed by atoms with van der Waals surface area (Å²) in [7, 11) is -0.930. The Hall–Kier alpha value is -2.66. The smallest absolute Gasteiger partial charge is 0.422 e. The molecule has 1 aromatic heterocycles. The average molecular weight is 417 g/mol. The van der Waals surface area contributed by atoms with Crippen LogP contribution in [0.1, 0.15) is 15.9 Å². The summed E-state index contributed by atoms with van der Waals surface area (Å²) in [5.41, 5.74) is 0.600. The lowest BCUT2D eigenvalue weighted by Crippen LogP contribution is -2.25. The van der Waals surface area contributed by atoms with E-state index in [1.54, 1.807) is 0 Å². The van der Waals surface area contributed by atoms with Crippen LogP contribution in [0.4, 0.5) is 13.2 Å². The number of hydrogen-bond donors (Lipinski definition) is 1. The highest BCUT2D eigenvalue weighted by Gasteiger charge is 2.28. The van der Waals surface area contributed by atoms with Gasteiger partial charge in [-0.2, -0.15) is 13.2 Å². The second-order valence-electron chi connectivity index (χ2n) is 5.90. The van der Waals surface area contributed by atoms with E-state index >= 15 is 0 Å². The Labute approximate surface area is 160 Å². The highest BCUT2D eigenvalue weighted by molar-refractivity contribution is 7.89. The number of rotatable bonds is 7. The summed E-state index contributed by atoms with van der Waals surface area (Å²) in [6.07, 6.45) is -3.22. The first-order valence-electron chi connectivity index (χ1n) is 7.94. The van der Waals surface area contributed by atoms with Gasteiger partial charge in [0.25, 0.3) is 5.91 Å². The van der Waals surface area contributed by atoms with Crippen molar-refractivity contribution in [2.75, 3.05) is 20.7 Å². The zero-order valence-corrected chi connectivity index (χ0v) is 15.8. The number of hydrogen-bond acceptors (Lipinski definition) is 5. The maximum atomic E-state index is 12.3. The van der Waals surface area contributed by atoms with Gasteiger partial charge in [0, 0.05) is 38.5 Å². The van der Waals surface area contributed by atoms with Crippen molar-refractivity contribution in [1.82, 2.24) is 14.6 Å². The van der Waals surface area contributed by atoms with Crippen molar-refractivity contribution in [3.05, 3.63) is 53.7 Å². The number of nitrogens with one attached hydrogen (secondary N) is 1. The quantitative estimate of drug-likeness (QED) is 0.746. The van der Waals surface area contributed by atoms with Crippen LogP contribution < -0.4 is 10.1 Å². The molecule has 0 aliphatic carbocycles. The highest BCUT2D eigenvalue weighted by atomic mass is 32.2. The lowest BCUT2D eigenvalue weighted by atomic mass is 10.2. The molecule has 0 radical (unpaired) electrons. The van der Waals surface area contributed by atoms with E-state index in [-0.39, 0.29) is 22.9 Å². The number of carbonyl (C=O) groups excluding carboxylic acids is 1. The van der Waals surface area contributed by atoms with Gasteiger partial charge in [-0.15, -0.1) is 0 Å². The normalized spacial score (nSPS) is 12.1. The monoisotopic (exact) mass is 417 g/mol. The molecule has 0 aliphatic heterocycles. The molecule has 0 saturated carbocycles. The molecule has 0 fully saturated rings. The van der Waals surface area contributed by atoms with Crippen molar-refractivity contribution in [3.8, 4) is 5.88 Å². The van der Waals surface area contributed by atoms with E-state index in [4.69, 9.17) is 0 Å². The van der Waals surface area contributed by atoms with Crippen molar-refractivity contribution in [3.63, 3.8) is 0 Å². The zero-order valence-electron chi connectivity index (χ0n) is 15.0. The third kappa shape index (κ3) is 5.92. The Morgan fingerprint density at radius 3 is 2.57 bits per heavy atom. The second kappa shape index (κ2) is 8.57. The standard InChI is InChI=1S/C17H18F3N3O4S/c1-23(2)28(25,26)14-5-3-4-13(9-14)16(24)22-10-12-6-7-21-15(8-12)27-11-17(18,19)20/h3-9H,10-11H2,1-2H3,(H,22,24). The van der Waals surface area contributed by atoms with Crippen LogP contribution >= 0.6 is 0 Å². The molecule has 0 saturated heterocycles. The Kier molecular flexibility index (Phi) is 6.62. The van der Waals surface area contributed by atoms with E-state index in [2.05, 4.69) is 15.0 Å². The first-order chi connectivity index (χ1) is 13.0. The molecule has 0 unspecified atom stereocenters. The van der Waals surface area contributed by atoms with Gasteiger partial charge in [-0.25, -0.2) is 17.7 Å². The van der Waals surface area contributed by atoms with Gasteiger partial charge in [0.1, 0.15) is 0 Å². The van der Waals surface area contributed by atoms with Crippen molar-refractivity contribution in [1.29, 1.82) is 0 Å². The van der Waals surface area contributed by atoms with Gasteiger partial charge in [0.2, 0.25) is 15.9 Å². The van der Waals surface area contributed by atoms with Gasteiger partial charge < -0.3 is 10.1 Å². The van der Waals surface area contributed by atoms with Gasteiger partial charge in [-0.3, -0.25) is 4.79 Å². The first-order valence-corrected chi connectivity index (χ1v) is 9.38. The molecule has 152 valence electrons. The topological polar surface area (TPSA) is 88.6 Å². The van der Waals surface area contributed by atoms with Gasteiger partial charge in [0.05, 0.1) is 4.90 Å². The molecular weight excluding hydrogens is 399 g/mol. The van der Waals surface area contributed by atoms with E-state index in [0.29, 0.717) is 5.56 Å². The SMILES string of the molecule is CN(C)S(=O)(=O)c1cccc(C(=O)NCc2ccnc(OCC(F)(F)F)c2)c1. The molecule has 1 N–H and O–H groups in total. The fraction of sp³-hybridized carbons (Fsp3) is 0.294. The number of pyridine rings is 1. The van der Waals surface area contributed by atoms with Gasteiger partial charge in [-0.05, 0) is 29.8 Å². The number of alkyl halides is 3. The molecule has 28 heavy (non-hydrogen) atoms. The van der Waals surface area contributed by atoms with Gasteiger partial charge in [0.15, 0.2) is 6.61 Å². The summed E-state index contributed by atoms with van der Waals surface area (Å²) < 4.78 is 66.5. The number of nitrogens with zero attached hydrogens (tertiary/aromatic N) is 2. The minimum atomic E-state index is -4.48. The van der Waals surface area contributed by atoms with E-state index in [1.165, 1.54) is 56.7 Å². The summed E-state index contributed by atoms with van der Waals surface area (Å²) in [5.74, 6) is -0.756. The van der Waals surface area contributed by atoms with Crippen LogP contribution in [0.3, 0.4) is 0 Å². The molecule has 0 bridgehead atoms. The van der Waals surface area contributed by atoms with Crippen LogP contribution in [0, 0.1) is 0 Å².